The first kappa shape index (κ1) is 10.3. The van der Waals surface area contributed by atoms with Crippen molar-refractivity contribution in [1.29, 1.82) is 0 Å². The van der Waals surface area contributed by atoms with Crippen molar-refractivity contribution in [2.75, 3.05) is 6.61 Å². The number of rotatable bonds is 2. The first-order valence-electron chi connectivity index (χ1n) is 5.55. The highest BCUT2D eigenvalue weighted by atomic mass is 79.9. The van der Waals surface area contributed by atoms with Crippen LogP contribution >= 0.6 is 15.9 Å². The molecule has 0 aromatic heterocycles. The second-order valence-electron chi connectivity index (χ2n) is 4.61. The molecule has 0 bridgehead atoms. The summed E-state index contributed by atoms with van der Waals surface area (Å²) in [7, 11) is 0. The molecule has 0 unspecified atom stereocenters. The summed E-state index contributed by atoms with van der Waals surface area (Å²) >= 11 is 3.58. The van der Waals surface area contributed by atoms with Gasteiger partial charge in [-0.1, -0.05) is 40.2 Å². The van der Waals surface area contributed by atoms with Crippen molar-refractivity contribution in [2.45, 2.75) is 18.3 Å². The zero-order valence-electron chi connectivity index (χ0n) is 8.91. The molecule has 2 heteroatoms. The largest absolute Gasteiger partial charge is 0.395 e. The lowest BCUT2D eigenvalue weighted by Crippen LogP contribution is -2.11. The molecular formula is C14H13BrO. The Morgan fingerprint density at radius 1 is 1.19 bits per heavy atom. The van der Waals surface area contributed by atoms with Crippen LogP contribution in [0.4, 0.5) is 0 Å². The number of hydrogen-bond donors (Lipinski definition) is 1. The summed E-state index contributed by atoms with van der Waals surface area (Å²) in [4.78, 5) is 0. The Labute approximate surface area is 103 Å². The predicted molar refractivity (Wildman–Crippen MR) is 69.6 cm³/mol. The van der Waals surface area contributed by atoms with Gasteiger partial charge in [0.05, 0.1) is 6.61 Å². The van der Waals surface area contributed by atoms with Gasteiger partial charge in [0.2, 0.25) is 0 Å². The van der Waals surface area contributed by atoms with E-state index in [4.69, 9.17) is 0 Å². The summed E-state index contributed by atoms with van der Waals surface area (Å²) in [6, 6.07) is 12.7. The van der Waals surface area contributed by atoms with Crippen LogP contribution < -0.4 is 0 Å². The Balaban J connectivity index is 2.19. The minimum absolute atomic E-state index is 0.0590. The number of benzene rings is 2. The number of fused-ring (bicyclic) bond motifs is 1. The standard InChI is InChI=1S/C14H13BrO/c15-13-3-1-2-10-4-5-11(8-12(10)13)14(9-16)6-7-14/h1-5,8,16H,6-7,9H2. The Kier molecular flexibility index (Phi) is 2.30. The highest BCUT2D eigenvalue weighted by molar-refractivity contribution is 9.10. The molecule has 1 aliphatic rings. The zero-order valence-corrected chi connectivity index (χ0v) is 10.5. The first-order chi connectivity index (χ1) is 7.75. The lowest BCUT2D eigenvalue weighted by Gasteiger charge is -2.13. The fourth-order valence-electron chi connectivity index (χ4n) is 2.25. The summed E-state index contributed by atoms with van der Waals surface area (Å²) < 4.78 is 1.13. The molecule has 0 spiro atoms. The monoisotopic (exact) mass is 276 g/mol. The van der Waals surface area contributed by atoms with Crippen LogP contribution in [0.3, 0.4) is 0 Å². The molecule has 1 nitrogen and oxygen atoms in total. The van der Waals surface area contributed by atoms with Crippen molar-refractivity contribution in [1.82, 2.24) is 0 Å². The van der Waals surface area contributed by atoms with Crippen molar-refractivity contribution >= 4 is 26.7 Å². The van der Waals surface area contributed by atoms with E-state index >= 15 is 0 Å². The highest BCUT2D eigenvalue weighted by Gasteiger charge is 2.43. The van der Waals surface area contributed by atoms with Gasteiger partial charge in [-0.15, -0.1) is 0 Å². The fourth-order valence-corrected chi connectivity index (χ4v) is 2.75. The van der Waals surface area contributed by atoms with Gasteiger partial charge in [0.1, 0.15) is 0 Å². The van der Waals surface area contributed by atoms with Crippen LogP contribution in [0.2, 0.25) is 0 Å². The minimum atomic E-state index is 0.0590. The van der Waals surface area contributed by atoms with Crippen LogP contribution in [0.5, 0.6) is 0 Å². The molecule has 0 radical (unpaired) electrons. The molecule has 0 amide bonds. The van der Waals surface area contributed by atoms with E-state index in [0.717, 1.165) is 17.3 Å². The molecular weight excluding hydrogens is 264 g/mol. The minimum Gasteiger partial charge on any atom is -0.395 e. The molecule has 3 rings (SSSR count). The smallest absolute Gasteiger partial charge is 0.0527 e. The van der Waals surface area contributed by atoms with Crippen LogP contribution in [-0.2, 0) is 5.41 Å². The maximum absolute atomic E-state index is 9.44. The first-order valence-corrected chi connectivity index (χ1v) is 6.34. The topological polar surface area (TPSA) is 20.2 Å². The van der Waals surface area contributed by atoms with E-state index in [0.29, 0.717) is 0 Å². The predicted octanol–water partition coefficient (Wildman–Crippen LogP) is 3.63. The average molecular weight is 277 g/mol. The van der Waals surface area contributed by atoms with Gasteiger partial charge in [0.25, 0.3) is 0 Å². The van der Waals surface area contributed by atoms with Crippen molar-refractivity contribution < 1.29 is 5.11 Å². The lowest BCUT2D eigenvalue weighted by atomic mass is 9.94. The molecule has 2 aromatic carbocycles. The summed E-state index contributed by atoms with van der Waals surface area (Å²) in [6.07, 6.45) is 2.22. The number of aliphatic hydroxyl groups is 1. The molecule has 1 N–H and O–H groups in total. The molecule has 2 aromatic rings. The second-order valence-corrected chi connectivity index (χ2v) is 5.47. The molecule has 16 heavy (non-hydrogen) atoms. The van der Waals surface area contributed by atoms with Crippen molar-refractivity contribution in [3.8, 4) is 0 Å². The Morgan fingerprint density at radius 3 is 2.69 bits per heavy atom. The third-order valence-corrected chi connectivity index (χ3v) is 4.29. The lowest BCUT2D eigenvalue weighted by molar-refractivity contribution is 0.255. The van der Waals surface area contributed by atoms with Crippen molar-refractivity contribution in [2.24, 2.45) is 0 Å². The summed E-state index contributed by atoms with van der Waals surface area (Å²) in [5.74, 6) is 0. The van der Waals surface area contributed by atoms with Gasteiger partial charge in [-0.3, -0.25) is 0 Å². The maximum atomic E-state index is 9.44. The summed E-state index contributed by atoms with van der Waals surface area (Å²) in [5.41, 5.74) is 1.33. The van der Waals surface area contributed by atoms with E-state index in [1.54, 1.807) is 0 Å². The maximum Gasteiger partial charge on any atom is 0.0527 e. The van der Waals surface area contributed by atoms with Crippen LogP contribution in [0, 0.1) is 0 Å². The Morgan fingerprint density at radius 2 is 2.00 bits per heavy atom. The van der Waals surface area contributed by atoms with Crippen LogP contribution in [-0.4, -0.2) is 11.7 Å². The molecule has 0 aliphatic heterocycles. The Bertz CT molecular complexity index is 543. The molecule has 1 aliphatic carbocycles. The summed E-state index contributed by atoms with van der Waals surface area (Å²) in [5, 5.41) is 11.9. The van der Waals surface area contributed by atoms with Gasteiger partial charge >= 0.3 is 0 Å². The van der Waals surface area contributed by atoms with Gasteiger partial charge < -0.3 is 5.11 Å². The van der Waals surface area contributed by atoms with Crippen LogP contribution in [0.1, 0.15) is 18.4 Å². The van der Waals surface area contributed by atoms with Gasteiger partial charge in [-0.2, -0.15) is 0 Å². The molecule has 1 fully saturated rings. The van der Waals surface area contributed by atoms with Crippen LogP contribution in [0.15, 0.2) is 40.9 Å². The third kappa shape index (κ3) is 1.48. The number of hydrogen-bond acceptors (Lipinski definition) is 1. The summed E-state index contributed by atoms with van der Waals surface area (Å²) in [6.45, 7) is 0.267. The van der Waals surface area contributed by atoms with Crippen molar-refractivity contribution in [3.63, 3.8) is 0 Å². The molecule has 0 atom stereocenters. The zero-order chi connectivity index (χ0) is 11.2. The van der Waals surface area contributed by atoms with E-state index in [1.807, 2.05) is 6.07 Å². The second kappa shape index (κ2) is 3.57. The van der Waals surface area contributed by atoms with E-state index in [2.05, 4.69) is 46.3 Å². The van der Waals surface area contributed by atoms with E-state index in [9.17, 15) is 5.11 Å². The SMILES string of the molecule is OCC1(c2ccc3cccc(Br)c3c2)CC1. The van der Waals surface area contributed by atoms with E-state index < -0.39 is 0 Å². The molecule has 82 valence electrons. The van der Waals surface area contributed by atoms with Gasteiger partial charge in [-0.25, -0.2) is 0 Å². The van der Waals surface area contributed by atoms with Gasteiger partial charge in [-0.05, 0) is 41.3 Å². The van der Waals surface area contributed by atoms with Gasteiger partial charge in [0.15, 0.2) is 0 Å². The highest BCUT2D eigenvalue weighted by Crippen LogP contribution is 2.48. The van der Waals surface area contributed by atoms with Gasteiger partial charge in [0, 0.05) is 9.89 Å². The van der Waals surface area contributed by atoms with Crippen molar-refractivity contribution in [3.05, 3.63) is 46.4 Å². The normalized spacial score (nSPS) is 17.6. The average Bonchev–Trinajstić information content (AvgIpc) is 3.10. The number of halogens is 1. The quantitative estimate of drug-likeness (QED) is 0.888. The van der Waals surface area contributed by atoms with E-state index in [1.165, 1.54) is 16.3 Å². The third-order valence-electron chi connectivity index (χ3n) is 3.60. The van der Waals surface area contributed by atoms with E-state index in [-0.39, 0.29) is 12.0 Å². The molecule has 0 saturated heterocycles. The number of aliphatic hydroxyl groups excluding tert-OH is 1. The van der Waals surface area contributed by atoms with Crippen LogP contribution in [0.25, 0.3) is 10.8 Å². The fraction of sp³-hybridized carbons (Fsp3) is 0.286. The molecule has 1 saturated carbocycles. The Hall–Kier alpha value is -0.860. The molecule has 0 heterocycles.